The highest BCUT2D eigenvalue weighted by atomic mass is 19.1. The van der Waals surface area contributed by atoms with Gasteiger partial charge in [0, 0.05) is 18.0 Å². The average molecular weight is 338 g/mol. The van der Waals surface area contributed by atoms with Crippen LogP contribution in [0.3, 0.4) is 0 Å². The van der Waals surface area contributed by atoms with E-state index in [1.54, 1.807) is 12.1 Å². The van der Waals surface area contributed by atoms with Crippen LogP contribution >= 0.6 is 0 Å². The maximum absolute atomic E-state index is 12.9. The van der Waals surface area contributed by atoms with Gasteiger partial charge < -0.3 is 4.57 Å². The van der Waals surface area contributed by atoms with Gasteiger partial charge in [0.1, 0.15) is 5.82 Å². The number of benzene rings is 2. The third-order valence-electron chi connectivity index (χ3n) is 3.91. The quantitative estimate of drug-likeness (QED) is 0.542. The second-order valence-corrected chi connectivity index (χ2v) is 5.62. The van der Waals surface area contributed by atoms with Gasteiger partial charge in [-0.15, -0.1) is 0 Å². The van der Waals surface area contributed by atoms with E-state index >= 15 is 0 Å². The molecule has 3 aromatic rings. The maximum Gasteiger partial charge on any atom is 0.320 e. The van der Waals surface area contributed by atoms with E-state index in [0.29, 0.717) is 5.69 Å². The van der Waals surface area contributed by atoms with Gasteiger partial charge in [0.15, 0.2) is 5.78 Å². The number of ketones is 1. The van der Waals surface area contributed by atoms with E-state index < -0.39 is 16.9 Å². The fourth-order valence-corrected chi connectivity index (χ4v) is 2.54. The van der Waals surface area contributed by atoms with E-state index in [2.05, 4.69) is 0 Å². The number of Topliss-reactive ketones (excluding diaryl/α,β-unsaturated/α-hetero) is 1. The molecule has 126 valence electrons. The van der Waals surface area contributed by atoms with Gasteiger partial charge in [0.2, 0.25) is 0 Å². The molecule has 0 unspecified atom stereocenters. The summed E-state index contributed by atoms with van der Waals surface area (Å²) in [6.07, 6.45) is 2.86. The number of para-hydroxylation sites is 1. The zero-order valence-electron chi connectivity index (χ0n) is 13.5. The highest BCUT2D eigenvalue weighted by molar-refractivity contribution is 5.95. The first-order valence-corrected chi connectivity index (χ1v) is 7.64. The molecule has 0 radical (unpaired) electrons. The van der Waals surface area contributed by atoms with Crippen molar-refractivity contribution in [3.63, 3.8) is 0 Å². The van der Waals surface area contributed by atoms with Gasteiger partial charge >= 0.3 is 11.1 Å². The predicted octanol–water partition coefficient (Wildman–Crippen LogP) is 2.33. The number of aromatic nitrogens is 2. The topological polar surface area (TPSA) is 61.1 Å². The first kappa shape index (κ1) is 16.6. The molecule has 0 N–H and O–H groups in total. The van der Waals surface area contributed by atoms with Crippen molar-refractivity contribution in [2.45, 2.75) is 13.5 Å². The molecule has 1 heterocycles. The Morgan fingerprint density at radius 3 is 2.32 bits per heavy atom. The molecule has 0 atom stereocenters. The number of rotatable bonds is 4. The average Bonchev–Trinajstić information content (AvgIpc) is 2.60. The Labute approximate surface area is 142 Å². The van der Waals surface area contributed by atoms with E-state index in [1.807, 2.05) is 19.1 Å². The molecule has 0 aliphatic heterocycles. The van der Waals surface area contributed by atoms with E-state index in [1.165, 1.54) is 41.2 Å². The van der Waals surface area contributed by atoms with Crippen molar-refractivity contribution in [1.29, 1.82) is 0 Å². The SMILES string of the molecule is Cc1ccccc1-n1ccn(CC(=O)c2ccc(F)cc2)c(=O)c1=O. The summed E-state index contributed by atoms with van der Waals surface area (Å²) in [5, 5.41) is 0. The zero-order valence-corrected chi connectivity index (χ0v) is 13.5. The molecule has 1 aromatic heterocycles. The minimum absolute atomic E-state index is 0.274. The third kappa shape index (κ3) is 3.33. The lowest BCUT2D eigenvalue weighted by Gasteiger charge is -2.10. The molecule has 3 rings (SSSR count). The van der Waals surface area contributed by atoms with Crippen molar-refractivity contribution in [1.82, 2.24) is 9.13 Å². The van der Waals surface area contributed by atoms with E-state index in [-0.39, 0.29) is 17.9 Å². The molecule has 0 saturated heterocycles. The summed E-state index contributed by atoms with van der Waals surface area (Å²) in [5.41, 5.74) is 0.215. The van der Waals surface area contributed by atoms with Gasteiger partial charge in [-0.05, 0) is 42.8 Å². The van der Waals surface area contributed by atoms with Crippen LogP contribution < -0.4 is 11.1 Å². The Kier molecular flexibility index (Phi) is 4.43. The number of aryl methyl sites for hydroxylation is 1. The second-order valence-electron chi connectivity index (χ2n) is 5.62. The van der Waals surface area contributed by atoms with Crippen LogP contribution in [0.1, 0.15) is 15.9 Å². The lowest BCUT2D eigenvalue weighted by Crippen LogP contribution is -2.41. The second kappa shape index (κ2) is 6.68. The molecule has 0 amide bonds. The van der Waals surface area contributed by atoms with Gasteiger partial charge in [-0.3, -0.25) is 19.0 Å². The minimum Gasteiger partial charge on any atom is -0.301 e. The van der Waals surface area contributed by atoms with Crippen LogP contribution in [0.15, 0.2) is 70.5 Å². The first-order valence-electron chi connectivity index (χ1n) is 7.64. The molecule has 0 spiro atoms. The number of hydrogen-bond donors (Lipinski definition) is 0. The smallest absolute Gasteiger partial charge is 0.301 e. The molecular formula is C19H15FN2O3. The standard InChI is InChI=1S/C19H15FN2O3/c1-13-4-2-3-5-16(13)22-11-10-21(18(24)19(22)25)12-17(23)14-6-8-15(20)9-7-14/h2-11H,12H2,1H3. The summed E-state index contributed by atoms with van der Waals surface area (Å²) in [4.78, 5) is 36.9. The lowest BCUT2D eigenvalue weighted by atomic mass is 10.1. The Balaban J connectivity index is 1.95. The van der Waals surface area contributed by atoms with Crippen molar-refractivity contribution in [3.8, 4) is 5.69 Å². The first-order chi connectivity index (χ1) is 12.0. The van der Waals surface area contributed by atoms with Gasteiger partial charge in [-0.1, -0.05) is 18.2 Å². The number of nitrogens with zero attached hydrogens (tertiary/aromatic N) is 2. The van der Waals surface area contributed by atoms with Crippen LogP contribution in [0.5, 0.6) is 0 Å². The summed E-state index contributed by atoms with van der Waals surface area (Å²) >= 11 is 0. The summed E-state index contributed by atoms with van der Waals surface area (Å²) in [7, 11) is 0. The van der Waals surface area contributed by atoms with Crippen LogP contribution in [0.25, 0.3) is 5.69 Å². The summed E-state index contributed by atoms with van der Waals surface area (Å²) < 4.78 is 15.2. The Morgan fingerprint density at radius 1 is 0.960 bits per heavy atom. The van der Waals surface area contributed by atoms with Crippen LogP contribution in [-0.4, -0.2) is 14.9 Å². The molecule has 0 saturated carbocycles. The van der Waals surface area contributed by atoms with Crippen LogP contribution in [0.4, 0.5) is 4.39 Å². The number of halogens is 1. The summed E-state index contributed by atoms with van der Waals surface area (Å²) in [6.45, 7) is 1.56. The lowest BCUT2D eigenvalue weighted by molar-refractivity contribution is 0.0970. The normalized spacial score (nSPS) is 10.6. The largest absolute Gasteiger partial charge is 0.320 e. The summed E-state index contributed by atoms with van der Waals surface area (Å²) in [6, 6.07) is 12.2. The fraction of sp³-hybridized carbons (Fsp3) is 0.105. The third-order valence-corrected chi connectivity index (χ3v) is 3.91. The van der Waals surface area contributed by atoms with Crippen molar-refractivity contribution in [3.05, 3.63) is 98.6 Å². The van der Waals surface area contributed by atoms with E-state index in [9.17, 15) is 18.8 Å². The molecule has 0 bridgehead atoms. The Bertz CT molecular complexity index is 1050. The Hall–Kier alpha value is -3.28. The maximum atomic E-state index is 12.9. The molecule has 0 aliphatic carbocycles. The van der Waals surface area contributed by atoms with Crippen molar-refractivity contribution in [2.24, 2.45) is 0 Å². The molecule has 5 nitrogen and oxygen atoms in total. The van der Waals surface area contributed by atoms with E-state index in [4.69, 9.17) is 0 Å². The number of carbonyl (C=O) groups is 1. The van der Waals surface area contributed by atoms with Crippen molar-refractivity contribution >= 4 is 5.78 Å². The van der Waals surface area contributed by atoms with Crippen molar-refractivity contribution < 1.29 is 9.18 Å². The van der Waals surface area contributed by atoms with Gasteiger partial charge in [-0.2, -0.15) is 0 Å². The van der Waals surface area contributed by atoms with Gasteiger partial charge in [0.05, 0.1) is 12.2 Å². The highest BCUT2D eigenvalue weighted by Gasteiger charge is 2.12. The number of carbonyl (C=O) groups excluding carboxylic acids is 1. The molecule has 0 aliphatic rings. The molecule has 2 aromatic carbocycles. The zero-order chi connectivity index (χ0) is 18.0. The predicted molar refractivity (Wildman–Crippen MR) is 91.8 cm³/mol. The number of hydrogen-bond acceptors (Lipinski definition) is 3. The van der Waals surface area contributed by atoms with Crippen LogP contribution in [0.2, 0.25) is 0 Å². The van der Waals surface area contributed by atoms with Gasteiger partial charge in [-0.25, -0.2) is 4.39 Å². The molecular weight excluding hydrogens is 323 g/mol. The van der Waals surface area contributed by atoms with E-state index in [0.717, 1.165) is 10.1 Å². The molecule has 25 heavy (non-hydrogen) atoms. The Morgan fingerprint density at radius 2 is 1.64 bits per heavy atom. The monoisotopic (exact) mass is 338 g/mol. The molecule has 0 fully saturated rings. The minimum atomic E-state index is -0.791. The van der Waals surface area contributed by atoms with Crippen LogP contribution in [-0.2, 0) is 6.54 Å². The molecule has 6 heteroatoms. The van der Waals surface area contributed by atoms with Crippen molar-refractivity contribution in [2.75, 3.05) is 0 Å². The summed E-state index contributed by atoms with van der Waals surface area (Å²) in [5.74, 6) is -0.829. The highest BCUT2D eigenvalue weighted by Crippen LogP contribution is 2.10. The van der Waals surface area contributed by atoms with Crippen LogP contribution in [0, 0.1) is 12.7 Å². The fourth-order valence-electron chi connectivity index (χ4n) is 2.54. The van der Waals surface area contributed by atoms with Gasteiger partial charge in [0.25, 0.3) is 0 Å².